The number of ether oxygens (including phenoxy) is 1. The molecule has 7 heteroatoms. The van der Waals surface area contributed by atoms with Gasteiger partial charge in [0.1, 0.15) is 3.70 Å². The number of carbonyl (C=O) groups is 1. The Morgan fingerprint density at radius 1 is 1.67 bits per heavy atom. The Morgan fingerprint density at radius 3 is 2.73 bits per heavy atom. The summed E-state index contributed by atoms with van der Waals surface area (Å²) in [5, 5.41) is -0.111. The lowest BCUT2D eigenvalue weighted by atomic mass is 10.1. The largest absolute Gasteiger partial charge is 0.465 e. The maximum absolute atomic E-state index is 12.5. The molecule has 0 amide bonds. The second-order valence-electron chi connectivity index (χ2n) is 2.49. The molecule has 1 heterocycles. The minimum absolute atomic E-state index is 0.111. The van der Waals surface area contributed by atoms with Crippen LogP contribution in [0.3, 0.4) is 0 Å². The third kappa shape index (κ3) is 2.54. The molecule has 0 atom stereocenters. The molecule has 0 spiro atoms. The highest BCUT2D eigenvalue weighted by molar-refractivity contribution is 14.1. The number of nitrogens with zero attached hydrogens (tertiary/aromatic N) is 1. The Labute approximate surface area is 103 Å². The zero-order chi connectivity index (χ0) is 11.6. The highest BCUT2D eigenvalue weighted by Crippen LogP contribution is 2.30. The monoisotopic (exact) mass is 347 g/mol. The number of alkyl halides is 2. The van der Waals surface area contributed by atoms with Crippen LogP contribution >= 0.6 is 34.2 Å². The first kappa shape index (κ1) is 12.6. The van der Waals surface area contributed by atoms with Crippen LogP contribution in [0.25, 0.3) is 0 Å². The van der Waals surface area contributed by atoms with Crippen molar-refractivity contribution in [3.63, 3.8) is 0 Å². The van der Waals surface area contributed by atoms with Crippen LogP contribution in [-0.2, 0) is 4.74 Å². The molecule has 1 aromatic heterocycles. The molecule has 0 N–H and O–H groups in total. The van der Waals surface area contributed by atoms with Crippen molar-refractivity contribution in [3.05, 3.63) is 26.0 Å². The van der Waals surface area contributed by atoms with E-state index >= 15 is 0 Å². The van der Waals surface area contributed by atoms with Gasteiger partial charge < -0.3 is 4.74 Å². The van der Waals surface area contributed by atoms with E-state index in [0.717, 1.165) is 13.3 Å². The van der Waals surface area contributed by atoms with Gasteiger partial charge in [0.25, 0.3) is 6.43 Å². The molecule has 82 valence electrons. The van der Waals surface area contributed by atoms with Gasteiger partial charge in [-0.05, 0) is 22.6 Å². The average Bonchev–Trinajstić information content (AvgIpc) is 2.20. The quantitative estimate of drug-likeness (QED) is 0.469. The molecule has 15 heavy (non-hydrogen) atoms. The Balaban J connectivity index is 3.41. The van der Waals surface area contributed by atoms with Crippen molar-refractivity contribution in [2.45, 2.75) is 6.43 Å². The number of pyridine rings is 1. The first-order valence-electron chi connectivity index (χ1n) is 3.69. The zero-order valence-corrected chi connectivity index (χ0v) is 10.3. The van der Waals surface area contributed by atoms with Crippen molar-refractivity contribution in [3.8, 4) is 0 Å². The van der Waals surface area contributed by atoms with Gasteiger partial charge in [0.2, 0.25) is 0 Å². The lowest BCUT2D eigenvalue weighted by Crippen LogP contribution is -2.09. The number of methoxy groups -OCH3 is 1. The molecular formula is C8H5ClF2INO2. The van der Waals surface area contributed by atoms with E-state index in [9.17, 15) is 13.6 Å². The van der Waals surface area contributed by atoms with Crippen LogP contribution in [0, 0.1) is 3.70 Å². The Bertz CT molecular complexity index is 400. The second-order valence-corrected chi connectivity index (χ2v) is 3.89. The maximum Gasteiger partial charge on any atom is 0.340 e. The van der Waals surface area contributed by atoms with Crippen LogP contribution < -0.4 is 0 Å². The van der Waals surface area contributed by atoms with Crippen LogP contribution in [0.5, 0.6) is 0 Å². The minimum Gasteiger partial charge on any atom is -0.465 e. The van der Waals surface area contributed by atoms with Crippen LogP contribution in [0.15, 0.2) is 6.20 Å². The van der Waals surface area contributed by atoms with E-state index in [4.69, 9.17) is 11.6 Å². The number of hydrogen-bond acceptors (Lipinski definition) is 3. The van der Waals surface area contributed by atoms with Crippen molar-refractivity contribution in [2.24, 2.45) is 0 Å². The summed E-state index contributed by atoms with van der Waals surface area (Å²) in [7, 11) is 1.10. The molecule has 0 aliphatic rings. The van der Waals surface area contributed by atoms with E-state index in [0.29, 0.717) is 0 Å². The van der Waals surface area contributed by atoms with Gasteiger partial charge in [-0.2, -0.15) is 0 Å². The zero-order valence-electron chi connectivity index (χ0n) is 7.43. The fourth-order valence-electron chi connectivity index (χ4n) is 0.952. The third-order valence-electron chi connectivity index (χ3n) is 1.63. The fourth-order valence-corrected chi connectivity index (χ4v) is 1.60. The van der Waals surface area contributed by atoms with Gasteiger partial charge in [0.15, 0.2) is 0 Å². The molecule has 3 nitrogen and oxygen atoms in total. The lowest BCUT2D eigenvalue weighted by Gasteiger charge is -2.09. The standard InChI is InChI=1S/C8H5ClF2INO2/c1-15-8(14)4-3(6(10)11)2-13-7(12)5(4)9/h2,6H,1H3. The highest BCUT2D eigenvalue weighted by Gasteiger charge is 2.24. The number of rotatable bonds is 2. The highest BCUT2D eigenvalue weighted by atomic mass is 127. The minimum atomic E-state index is -2.82. The first-order chi connectivity index (χ1) is 6.99. The van der Waals surface area contributed by atoms with Crippen molar-refractivity contribution >= 4 is 40.2 Å². The van der Waals surface area contributed by atoms with Crippen molar-refractivity contribution in [2.75, 3.05) is 7.11 Å². The molecular weight excluding hydrogens is 342 g/mol. The molecule has 0 bridgehead atoms. The summed E-state index contributed by atoms with van der Waals surface area (Å²) >= 11 is 7.46. The summed E-state index contributed by atoms with van der Waals surface area (Å²) in [5.41, 5.74) is -0.846. The molecule has 0 saturated carbocycles. The number of hydrogen-bond donors (Lipinski definition) is 0. The van der Waals surface area contributed by atoms with Gasteiger partial charge in [-0.1, -0.05) is 11.6 Å². The number of halogens is 4. The van der Waals surface area contributed by atoms with Gasteiger partial charge in [-0.3, -0.25) is 0 Å². The number of aromatic nitrogens is 1. The molecule has 1 rings (SSSR count). The van der Waals surface area contributed by atoms with Gasteiger partial charge >= 0.3 is 5.97 Å². The first-order valence-corrected chi connectivity index (χ1v) is 5.15. The van der Waals surface area contributed by atoms with Crippen LogP contribution in [0.1, 0.15) is 22.3 Å². The Morgan fingerprint density at radius 2 is 2.27 bits per heavy atom. The van der Waals surface area contributed by atoms with Gasteiger partial charge in [0, 0.05) is 6.20 Å². The predicted octanol–water partition coefficient (Wildman–Crippen LogP) is 3.06. The summed E-state index contributed by atoms with van der Waals surface area (Å²) in [6, 6.07) is 0. The predicted molar refractivity (Wildman–Crippen MR) is 58.3 cm³/mol. The summed E-state index contributed by atoms with van der Waals surface area (Å²) in [4.78, 5) is 14.9. The fraction of sp³-hybridized carbons (Fsp3) is 0.250. The van der Waals surface area contributed by atoms with E-state index < -0.39 is 18.0 Å². The van der Waals surface area contributed by atoms with E-state index in [-0.39, 0.29) is 14.3 Å². The van der Waals surface area contributed by atoms with Gasteiger partial charge in [0.05, 0.1) is 23.3 Å². The Hall–Kier alpha value is -0.500. The van der Waals surface area contributed by atoms with Crippen LogP contribution in [0.2, 0.25) is 5.02 Å². The Kier molecular flexibility index (Phi) is 4.21. The molecule has 0 unspecified atom stereocenters. The molecule has 1 aromatic rings. The summed E-state index contributed by atoms with van der Waals surface area (Å²) in [5.74, 6) is -0.893. The normalized spacial score (nSPS) is 10.5. The molecule has 0 radical (unpaired) electrons. The summed E-state index contributed by atoms with van der Waals surface area (Å²) in [6.07, 6.45) is -1.90. The lowest BCUT2D eigenvalue weighted by molar-refractivity contribution is 0.0589. The number of esters is 1. The molecule has 0 aliphatic carbocycles. The smallest absolute Gasteiger partial charge is 0.340 e. The van der Waals surface area contributed by atoms with Gasteiger partial charge in [-0.15, -0.1) is 0 Å². The van der Waals surface area contributed by atoms with Crippen molar-refractivity contribution in [1.29, 1.82) is 0 Å². The molecule has 0 aromatic carbocycles. The summed E-state index contributed by atoms with van der Waals surface area (Å²) in [6.45, 7) is 0. The van der Waals surface area contributed by atoms with E-state index in [2.05, 4.69) is 9.72 Å². The second kappa shape index (κ2) is 5.02. The molecule has 0 aliphatic heterocycles. The maximum atomic E-state index is 12.5. The molecule has 0 saturated heterocycles. The topological polar surface area (TPSA) is 39.2 Å². The number of carbonyl (C=O) groups excluding carboxylic acids is 1. The third-order valence-corrected chi connectivity index (χ3v) is 3.14. The average molecular weight is 347 g/mol. The van der Waals surface area contributed by atoms with E-state index in [1.165, 1.54) is 0 Å². The van der Waals surface area contributed by atoms with E-state index in [1.54, 1.807) is 22.6 Å². The van der Waals surface area contributed by atoms with E-state index in [1.807, 2.05) is 0 Å². The van der Waals surface area contributed by atoms with Gasteiger partial charge in [-0.25, -0.2) is 18.6 Å². The van der Waals surface area contributed by atoms with Crippen molar-refractivity contribution < 1.29 is 18.3 Å². The van der Waals surface area contributed by atoms with Crippen LogP contribution in [-0.4, -0.2) is 18.1 Å². The molecule has 0 fully saturated rings. The summed E-state index contributed by atoms with van der Waals surface area (Å²) < 4.78 is 29.7. The van der Waals surface area contributed by atoms with Crippen molar-refractivity contribution in [1.82, 2.24) is 4.98 Å². The SMILES string of the molecule is COC(=O)c1c(C(F)F)cnc(I)c1Cl. The van der Waals surface area contributed by atoms with Crippen LogP contribution in [0.4, 0.5) is 8.78 Å².